The topological polar surface area (TPSA) is 72.9 Å². The summed E-state index contributed by atoms with van der Waals surface area (Å²) < 4.78 is 10.7. The Morgan fingerprint density at radius 3 is 2.60 bits per heavy atom. The first-order valence-corrected chi connectivity index (χ1v) is 9.91. The van der Waals surface area contributed by atoms with Gasteiger partial charge in [0.1, 0.15) is 6.61 Å². The van der Waals surface area contributed by atoms with Crippen molar-refractivity contribution >= 4 is 46.4 Å². The van der Waals surface area contributed by atoms with E-state index in [-0.39, 0.29) is 23.8 Å². The predicted octanol–water partition coefficient (Wildman–Crippen LogP) is 4.28. The average Bonchev–Trinajstić information content (AvgIpc) is 3.00. The largest absolute Gasteiger partial charge is 0.493 e. The van der Waals surface area contributed by atoms with Gasteiger partial charge >= 0.3 is 0 Å². The van der Waals surface area contributed by atoms with Crippen LogP contribution in [0.5, 0.6) is 11.5 Å². The van der Waals surface area contributed by atoms with Crippen LogP contribution in [0, 0.1) is 12.3 Å². The number of carbonyl (C=O) groups is 3. The summed E-state index contributed by atoms with van der Waals surface area (Å²) in [5.41, 5.74) is 1.00. The number of ether oxygens (including phenoxy) is 2. The van der Waals surface area contributed by atoms with E-state index in [9.17, 15) is 14.4 Å². The molecule has 0 aromatic heterocycles. The molecule has 0 aliphatic carbocycles. The number of imide groups is 1. The number of benzene rings is 2. The standard InChI is InChI=1S/C22H16ClNO5S/c1-3-10-29-18-9-4-14(11-19(18)28-2)12-20-21(26)24(22(27)30-20)13-17(25)15-5-7-16(23)8-6-15/h1,4-9,11-12H,10,13H2,2H3/b20-12-. The van der Waals surface area contributed by atoms with E-state index in [2.05, 4.69) is 5.92 Å². The quantitative estimate of drug-likeness (QED) is 0.363. The lowest BCUT2D eigenvalue weighted by molar-refractivity contribution is -0.122. The lowest BCUT2D eigenvalue weighted by Gasteiger charge is -2.11. The fourth-order valence-electron chi connectivity index (χ4n) is 2.67. The van der Waals surface area contributed by atoms with Gasteiger partial charge in [0.25, 0.3) is 11.1 Å². The Labute approximate surface area is 182 Å². The second kappa shape index (κ2) is 9.53. The number of hydrogen-bond acceptors (Lipinski definition) is 6. The number of carbonyl (C=O) groups excluding carboxylic acids is 3. The van der Waals surface area contributed by atoms with Gasteiger partial charge < -0.3 is 9.47 Å². The number of thioether (sulfide) groups is 1. The Morgan fingerprint density at radius 1 is 1.20 bits per heavy atom. The number of nitrogens with zero attached hydrogens (tertiary/aromatic N) is 1. The minimum atomic E-state index is -0.529. The van der Waals surface area contributed by atoms with Crippen molar-refractivity contribution in [2.45, 2.75) is 0 Å². The summed E-state index contributed by atoms with van der Waals surface area (Å²) in [6.07, 6.45) is 6.75. The first kappa shape index (κ1) is 21.5. The molecule has 1 saturated heterocycles. The van der Waals surface area contributed by atoms with Crippen molar-refractivity contribution in [1.82, 2.24) is 4.90 Å². The van der Waals surface area contributed by atoms with Crippen LogP contribution < -0.4 is 9.47 Å². The Kier molecular flexibility index (Phi) is 6.83. The number of terminal acetylenes is 1. The molecular formula is C22H16ClNO5S. The summed E-state index contributed by atoms with van der Waals surface area (Å²) in [5, 5.41) is -0.0127. The Morgan fingerprint density at radius 2 is 1.93 bits per heavy atom. The molecule has 0 saturated carbocycles. The maximum atomic E-state index is 12.7. The number of hydrogen-bond donors (Lipinski definition) is 0. The highest BCUT2D eigenvalue weighted by Gasteiger charge is 2.36. The first-order chi connectivity index (χ1) is 14.4. The molecular weight excluding hydrogens is 426 g/mol. The molecule has 0 spiro atoms. The van der Waals surface area contributed by atoms with Crippen molar-refractivity contribution in [2.24, 2.45) is 0 Å². The van der Waals surface area contributed by atoms with Crippen molar-refractivity contribution in [3.63, 3.8) is 0 Å². The minimum Gasteiger partial charge on any atom is -0.493 e. The van der Waals surface area contributed by atoms with Gasteiger partial charge in [-0.3, -0.25) is 19.3 Å². The average molecular weight is 442 g/mol. The molecule has 0 radical (unpaired) electrons. The fraction of sp³-hybridized carbons (Fsp3) is 0.136. The Hall–Kier alpha value is -3.21. The summed E-state index contributed by atoms with van der Waals surface area (Å²) in [5.74, 6) is 2.40. The van der Waals surface area contributed by atoms with E-state index in [4.69, 9.17) is 27.5 Å². The molecule has 0 bridgehead atoms. The van der Waals surface area contributed by atoms with E-state index in [1.807, 2.05) is 0 Å². The highest BCUT2D eigenvalue weighted by atomic mass is 35.5. The van der Waals surface area contributed by atoms with Crippen LogP contribution in [0.4, 0.5) is 4.79 Å². The third-order valence-electron chi connectivity index (χ3n) is 4.14. The van der Waals surface area contributed by atoms with Gasteiger partial charge in [-0.1, -0.05) is 23.6 Å². The molecule has 1 aliphatic heterocycles. The van der Waals surface area contributed by atoms with E-state index >= 15 is 0 Å². The van der Waals surface area contributed by atoms with E-state index in [0.717, 1.165) is 16.7 Å². The van der Waals surface area contributed by atoms with Crippen molar-refractivity contribution in [1.29, 1.82) is 0 Å². The highest BCUT2D eigenvalue weighted by molar-refractivity contribution is 8.18. The SMILES string of the molecule is C#CCOc1ccc(/C=C2\SC(=O)N(CC(=O)c3ccc(Cl)cc3)C2=O)cc1OC. The maximum Gasteiger partial charge on any atom is 0.293 e. The second-order valence-electron chi connectivity index (χ2n) is 6.10. The van der Waals surface area contributed by atoms with Gasteiger partial charge in [-0.2, -0.15) is 0 Å². The minimum absolute atomic E-state index is 0.0935. The number of amides is 2. The maximum absolute atomic E-state index is 12.7. The number of halogens is 1. The summed E-state index contributed by atoms with van der Waals surface area (Å²) >= 11 is 6.59. The molecule has 1 heterocycles. The molecule has 2 amide bonds. The summed E-state index contributed by atoms with van der Waals surface area (Å²) in [6.45, 7) is -0.248. The van der Waals surface area contributed by atoms with Gasteiger partial charge in [-0.25, -0.2) is 0 Å². The van der Waals surface area contributed by atoms with Gasteiger partial charge in [-0.05, 0) is 59.8 Å². The van der Waals surface area contributed by atoms with Gasteiger partial charge in [0.2, 0.25) is 0 Å². The number of rotatable bonds is 7. The molecule has 2 aromatic carbocycles. The molecule has 3 rings (SSSR count). The lowest BCUT2D eigenvalue weighted by atomic mass is 10.1. The smallest absolute Gasteiger partial charge is 0.293 e. The van der Waals surface area contributed by atoms with Crippen LogP contribution in [0.15, 0.2) is 47.4 Å². The zero-order chi connectivity index (χ0) is 21.7. The molecule has 2 aromatic rings. The molecule has 6 nitrogen and oxygen atoms in total. The predicted molar refractivity (Wildman–Crippen MR) is 116 cm³/mol. The first-order valence-electron chi connectivity index (χ1n) is 8.71. The zero-order valence-electron chi connectivity index (χ0n) is 15.9. The van der Waals surface area contributed by atoms with E-state index < -0.39 is 11.1 Å². The zero-order valence-corrected chi connectivity index (χ0v) is 17.5. The van der Waals surface area contributed by atoms with Gasteiger partial charge in [-0.15, -0.1) is 6.42 Å². The normalized spacial score (nSPS) is 14.7. The Bertz CT molecular complexity index is 1070. The Balaban J connectivity index is 1.77. The third kappa shape index (κ3) is 4.85. The summed E-state index contributed by atoms with van der Waals surface area (Å²) in [6, 6.07) is 11.3. The second-order valence-corrected chi connectivity index (χ2v) is 7.53. The molecule has 0 N–H and O–H groups in total. The monoisotopic (exact) mass is 441 g/mol. The van der Waals surface area contributed by atoms with Crippen LogP contribution in [0.25, 0.3) is 6.08 Å². The molecule has 8 heteroatoms. The van der Waals surface area contributed by atoms with Crippen molar-refractivity contribution < 1.29 is 23.9 Å². The van der Waals surface area contributed by atoms with Gasteiger partial charge in [0.15, 0.2) is 17.3 Å². The van der Waals surface area contributed by atoms with Crippen LogP contribution in [-0.2, 0) is 4.79 Å². The van der Waals surface area contributed by atoms with Gasteiger partial charge in [0, 0.05) is 10.6 Å². The van der Waals surface area contributed by atoms with Gasteiger partial charge in [0.05, 0.1) is 18.6 Å². The van der Waals surface area contributed by atoms with E-state index in [1.54, 1.807) is 48.5 Å². The number of Topliss-reactive ketones (excluding diaryl/α,β-unsaturated/α-hetero) is 1. The summed E-state index contributed by atoms with van der Waals surface area (Å²) in [4.78, 5) is 38.5. The number of ketones is 1. The van der Waals surface area contributed by atoms with Crippen LogP contribution in [0.1, 0.15) is 15.9 Å². The molecule has 152 valence electrons. The van der Waals surface area contributed by atoms with Crippen LogP contribution in [0.3, 0.4) is 0 Å². The highest BCUT2D eigenvalue weighted by Crippen LogP contribution is 2.34. The van der Waals surface area contributed by atoms with Crippen LogP contribution in [-0.4, -0.2) is 42.1 Å². The molecule has 1 fully saturated rings. The van der Waals surface area contributed by atoms with Crippen LogP contribution >= 0.6 is 23.4 Å². The van der Waals surface area contributed by atoms with E-state index in [0.29, 0.717) is 27.6 Å². The molecule has 1 aliphatic rings. The molecule has 0 atom stereocenters. The number of methoxy groups -OCH3 is 1. The molecule has 30 heavy (non-hydrogen) atoms. The lowest BCUT2D eigenvalue weighted by Crippen LogP contribution is -2.33. The van der Waals surface area contributed by atoms with Crippen LogP contribution in [0.2, 0.25) is 5.02 Å². The summed E-state index contributed by atoms with van der Waals surface area (Å²) in [7, 11) is 1.48. The van der Waals surface area contributed by atoms with E-state index in [1.165, 1.54) is 7.11 Å². The van der Waals surface area contributed by atoms with Crippen molar-refractivity contribution in [3.8, 4) is 23.8 Å². The molecule has 0 unspecified atom stereocenters. The fourth-order valence-corrected chi connectivity index (χ4v) is 3.64. The van der Waals surface area contributed by atoms with Crippen molar-refractivity contribution in [3.05, 3.63) is 63.5 Å². The van der Waals surface area contributed by atoms with Crippen molar-refractivity contribution in [2.75, 3.05) is 20.3 Å². The third-order valence-corrected chi connectivity index (χ3v) is 5.30.